The maximum atomic E-state index is 13.6. The summed E-state index contributed by atoms with van der Waals surface area (Å²) in [7, 11) is 0. The zero-order valence-electron chi connectivity index (χ0n) is 10.4. The van der Waals surface area contributed by atoms with Gasteiger partial charge in [0.15, 0.2) is 0 Å². The zero-order valence-corrected chi connectivity index (χ0v) is 11.9. The van der Waals surface area contributed by atoms with E-state index >= 15 is 0 Å². The van der Waals surface area contributed by atoms with Gasteiger partial charge >= 0.3 is 0 Å². The first-order valence-electron chi connectivity index (χ1n) is 5.93. The molecule has 6 heteroatoms. The van der Waals surface area contributed by atoms with Crippen molar-refractivity contribution in [3.63, 3.8) is 0 Å². The minimum Gasteiger partial charge on any atom is -0.338 e. The summed E-state index contributed by atoms with van der Waals surface area (Å²) in [5.41, 5.74) is 0.599. The predicted molar refractivity (Wildman–Crippen MR) is 68.9 cm³/mol. The lowest BCUT2D eigenvalue weighted by atomic mass is 10.0. The molecule has 0 radical (unpaired) electrons. The molecule has 0 N–H and O–H groups in total. The molecule has 1 fully saturated rings. The lowest BCUT2D eigenvalue weighted by molar-refractivity contribution is -0.0494. The van der Waals surface area contributed by atoms with Crippen molar-refractivity contribution in [1.82, 2.24) is 4.90 Å². The molecule has 0 atom stereocenters. The summed E-state index contributed by atoms with van der Waals surface area (Å²) in [5, 5.41) is 0. The third-order valence-corrected chi connectivity index (χ3v) is 4.13. The highest BCUT2D eigenvalue weighted by Gasteiger charge is 2.35. The molecule has 104 valence electrons. The van der Waals surface area contributed by atoms with E-state index in [0.717, 1.165) is 6.07 Å². The summed E-state index contributed by atoms with van der Waals surface area (Å²) in [6.45, 7) is 1.59. The Morgan fingerprint density at radius 1 is 1.32 bits per heavy atom. The predicted octanol–water partition coefficient (Wildman–Crippen LogP) is 3.77. The number of amides is 1. The number of likely N-dealkylation sites (tertiary alicyclic amines) is 1. The zero-order chi connectivity index (χ0) is 14.2. The molecule has 1 aromatic carbocycles. The molecular formula is C13H13BrF3NO. The van der Waals surface area contributed by atoms with Crippen molar-refractivity contribution in [2.45, 2.75) is 25.7 Å². The molecule has 1 aliphatic rings. The summed E-state index contributed by atoms with van der Waals surface area (Å²) in [6, 6.07) is 2.67. The van der Waals surface area contributed by atoms with Gasteiger partial charge in [-0.15, -0.1) is 0 Å². The van der Waals surface area contributed by atoms with E-state index in [1.807, 2.05) is 0 Å². The molecule has 1 saturated heterocycles. The number of hydrogen-bond donors (Lipinski definition) is 0. The molecule has 0 saturated carbocycles. The smallest absolute Gasteiger partial charge is 0.254 e. The Morgan fingerprint density at radius 3 is 2.42 bits per heavy atom. The Kier molecular flexibility index (Phi) is 3.90. The monoisotopic (exact) mass is 335 g/mol. The highest BCUT2D eigenvalue weighted by atomic mass is 79.9. The second kappa shape index (κ2) is 5.15. The summed E-state index contributed by atoms with van der Waals surface area (Å²) >= 11 is 3.18. The fourth-order valence-corrected chi connectivity index (χ4v) is 2.42. The van der Waals surface area contributed by atoms with E-state index in [9.17, 15) is 18.0 Å². The average Bonchev–Trinajstić information content (AvgIpc) is 2.34. The second-order valence-corrected chi connectivity index (χ2v) is 5.57. The number of carbonyl (C=O) groups excluding carboxylic acids is 1. The minimum atomic E-state index is -2.70. The van der Waals surface area contributed by atoms with Crippen molar-refractivity contribution < 1.29 is 18.0 Å². The van der Waals surface area contributed by atoms with Gasteiger partial charge in [-0.3, -0.25) is 4.79 Å². The van der Waals surface area contributed by atoms with Crippen LogP contribution in [-0.4, -0.2) is 29.8 Å². The van der Waals surface area contributed by atoms with Gasteiger partial charge in [-0.05, 0) is 24.6 Å². The van der Waals surface area contributed by atoms with Crippen molar-refractivity contribution in [3.8, 4) is 0 Å². The maximum Gasteiger partial charge on any atom is 0.254 e. The quantitative estimate of drug-likeness (QED) is 0.765. The van der Waals surface area contributed by atoms with Gasteiger partial charge in [-0.25, -0.2) is 13.2 Å². The normalized spacial score (nSPS) is 18.5. The van der Waals surface area contributed by atoms with Crippen molar-refractivity contribution in [3.05, 3.63) is 33.5 Å². The molecule has 0 bridgehead atoms. The van der Waals surface area contributed by atoms with Crippen molar-refractivity contribution in [2.24, 2.45) is 0 Å². The number of benzene rings is 1. The van der Waals surface area contributed by atoms with Gasteiger partial charge in [0.1, 0.15) is 5.82 Å². The Hall–Kier alpha value is -1.04. The van der Waals surface area contributed by atoms with Crippen LogP contribution in [0.3, 0.4) is 0 Å². The SMILES string of the molecule is Cc1c(F)cc(C(=O)N2CCC(F)(F)CC2)cc1Br. The minimum absolute atomic E-state index is 0.00104. The fourth-order valence-electron chi connectivity index (χ4n) is 1.99. The number of carbonyl (C=O) groups is 1. The molecule has 0 aliphatic carbocycles. The van der Waals surface area contributed by atoms with Crippen LogP contribution in [0.1, 0.15) is 28.8 Å². The summed E-state index contributed by atoms with van der Waals surface area (Å²) in [4.78, 5) is 13.5. The second-order valence-electron chi connectivity index (χ2n) is 4.71. The first-order chi connectivity index (χ1) is 8.80. The van der Waals surface area contributed by atoms with E-state index in [0.29, 0.717) is 10.0 Å². The highest BCUT2D eigenvalue weighted by Crippen LogP contribution is 2.29. The molecule has 1 heterocycles. The molecular weight excluding hydrogens is 323 g/mol. The fraction of sp³-hybridized carbons (Fsp3) is 0.462. The molecule has 1 aromatic rings. The number of piperidine rings is 1. The highest BCUT2D eigenvalue weighted by molar-refractivity contribution is 9.10. The van der Waals surface area contributed by atoms with Gasteiger partial charge in [-0.2, -0.15) is 0 Å². The van der Waals surface area contributed by atoms with Gasteiger partial charge in [-0.1, -0.05) is 15.9 Å². The number of alkyl halides is 2. The maximum absolute atomic E-state index is 13.6. The van der Waals surface area contributed by atoms with Crippen LogP contribution in [0.15, 0.2) is 16.6 Å². The largest absolute Gasteiger partial charge is 0.338 e. The molecule has 19 heavy (non-hydrogen) atoms. The summed E-state index contributed by atoms with van der Waals surface area (Å²) in [6.07, 6.45) is -0.678. The first kappa shape index (κ1) is 14.4. The van der Waals surface area contributed by atoms with Crippen LogP contribution in [-0.2, 0) is 0 Å². The Balaban J connectivity index is 2.17. The van der Waals surface area contributed by atoms with Crippen LogP contribution in [0, 0.1) is 12.7 Å². The van der Waals surface area contributed by atoms with E-state index < -0.39 is 17.6 Å². The van der Waals surface area contributed by atoms with Gasteiger partial charge in [0.25, 0.3) is 11.8 Å². The first-order valence-corrected chi connectivity index (χ1v) is 6.72. The average molecular weight is 336 g/mol. The third kappa shape index (κ3) is 3.11. The number of halogens is 4. The van der Waals surface area contributed by atoms with E-state index in [2.05, 4.69) is 15.9 Å². The summed E-state index contributed by atoms with van der Waals surface area (Å²) < 4.78 is 40.1. The van der Waals surface area contributed by atoms with Gasteiger partial charge < -0.3 is 4.90 Å². The van der Waals surface area contributed by atoms with E-state index in [-0.39, 0.29) is 31.5 Å². The number of hydrogen-bond acceptors (Lipinski definition) is 1. The van der Waals surface area contributed by atoms with Crippen LogP contribution in [0.5, 0.6) is 0 Å². The molecule has 0 aromatic heterocycles. The molecule has 0 unspecified atom stereocenters. The molecule has 2 nitrogen and oxygen atoms in total. The topological polar surface area (TPSA) is 20.3 Å². The Labute approximate surface area is 117 Å². The van der Waals surface area contributed by atoms with Gasteiger partial charge in [0.05, 0.1) is 0 Å². The number of rotatable bonds is 1. The van der Waals surface area contributed by atoms with Crippen LogP contribution in [0.25, 0.3) is 0 Å². The van der Waals surface area contributed by atoms with Crippen LogP contribution >= 0.6 is 15.9 Å². The van der Waals surface area contributed by atoms with Gasteiger partial charge in [0, 0.05) is 36.0 Å². The van der Waals surface area contributed by atoms with E-state index in [1.165, 1.54) is 11.0 Å². The number of nitrogens with zero attached hydrogens (tertiary/aromatic N) is 1. The van der Waals surface area contributed by atoms with Crippen molar-refractivity contribution >= 4 is 21.8 Å². The van der Waals surface area contributed by atoms with E-state index in [4.69, 9.17) is 0 Å². The molecule has 2 rings (SSSR count). The molecule has 1 amide bonds. The van der Waals surface area contributed by atoms with Crippen molar-refractivity contribution in [1.29, 1.82) is 0 Å². The molecule has 0 spiro atoms. The van der Waals surface area contributed by atoms with Crippen LogP contribution < -0.4 is 0 Å². The Bertz CT molecular complexity index is 486. The lowest BCUT2D eigenvalue weighted by Crippen LogP contribution is -2.42. The third-order valence-electron chi connectivity index (χ3n) is 3.31. The summed E-state index contributed by atoms with van der Waals surface area (Å²) in [5.74, 6) is -3.59. The van der Waals surface area contributed by atoms with Gasteiger partial charge in [0.2, 0.25) is 0 Å². The van der Waals surface area contributed by atoms with Crippen LogP contribution in [0.2, 0.25) is 0 Å². The lowest BCUT2D eigenvalue weighted by Gasteiger charge is -2.31. The Morgan fingerprint density at radius 2 is 1.89 bits per heavy atom. The molecule has 1 aliphatic heterocycles. The van der Waals surface area contributed by atoms with Crippen LogP contribution in [0.4, 0.5) is 13.2 Å². The van der Waals surface area contributed by atoms with E-state index in [1.54, 1.807) is 6.92 Å². The van der Waals surface area contributed by atoms with Crippen molar-refractivity contribution in [2.75, 3.05) is 13.1 Å². The standard InChI is InChI=1S/C13H13BrF3NO/c1-8-10(14)6-9(7-11(8)15)12(19)18-4-2-13(16,17)3-5-18/h6-7H,2-5H2,1H3.